The van der Waals surface area contributed by atoms with Gasteiger partial charge < -0.3 is 9.94 Å². The van der Waals surface area contributed by atoms with E-state index in [-0.39, 0.29) is 12.3 Å². The van der Waals surface area contributed by atoms with Crippen molar-refractivity contribution in [3.05, 3.63) is 29.5 Å². The van der Waals surface area contributed by atoms with Crippen molar-refractivity contribution in [2.75, 3.05) is 0 Å². The Morgan fingerprint density at radius 1 is 1.53 bits per heavy atom. The monoisotopic (exact) mass is 231 g/mol. The lowest BCUT2D eigenvalue weighted by molar-refractivity contribution is -0.129. The largest absolute Gasteiger partial charge is 0.476 e. The van der Waals surface area contributed by atoms with E-state index in [0.29, 0.717) is 5.56 Å². The number of aryl methyl sites for hydroxylation is 1. The second-order valence-electron chi connectivity index (χ2n) is 3.85. The van der Waals surface area contributed by atoms with Crippen LogP contribution in [0.25, 0.3) is 10.9 Å². The smallest absolute Gasteiger partial charge is 0.358 e. The van der Waals surface area contributed by atoms with Gasteiger partial charge in [-0.1, -0.05) is 17.3 Å². The second-order valence-corrected chi connectivity index (χ2v) is 3.85. The van der Waals surface area contributed by atoms with Crippen LogP contribution in [0.5, 0.6) is 0 Å². The van der Waals surface area contributed by atoms with Gasteiger partial charge in [-0.15, -0.1) is 0 Å². The molecule has 0 aliphatic carbocycles. The summed E-state index contributed by atoms with van der Waals surface area (Å²) in [5.41, 5.74) is 2.04. The first-order chi connectivity index (χ1) is 8.16. The Hall–Kier alpha value is -2.37. The lowest BCUT2D eigenvalue weighted by Crippen LogP contribution is -2.20. The molecule has 0 amide bonds. The minimum Gasteiger partial charge on any atom is -0.476 e. The van der Waals surface area contributed by atoms with Crippen molar-refractivity contribution >= 4 is 22.6 Å². The summed E-state index contributed by atoms with van der Waals surface area (Å²) in [5, 5.41) is 17.9. The Morgan fingerprint density at radius 3 is 3.12 bits per heavy atom. The molecular formula is C11H9N3O3. The van der Waals surface area contributed by atoms with Gasteiger partial charge in [-0.05, 0) is 0 Å². The zero-order valence-corrected chi connectivity index (χ0v) is 9.04. The third-order valence-corrected chi connectivity index (χ3v) is 2.72. The van der Waals surface area contributed by atoms with Gasteiger partial charge in [0, 0.05) is 29.8 Å². The number of fused-ring (bicyclic) bond motifs is 3. The van der Waals surface area contributed by atoms with Crippen molar-refractivity contribution in [1.29, 1.82) is 0 Å². The maximum Gasteiger partial charge on any atom is 0.358 e. The van der Waals surface area contributed by atoms with Crippen LogP contribution in [-0.2, 0) is 23.3 Å². The van der Waals surface area contributed by atoms with Crippen LogP contribution < -0.4 is 0 Å². The van der Waals surface area contributed by atoms with Gasteiger partial charge in [0.05, 0.1) is 5.52 Å². The lowest BCUT2D eigenvalue weighted by atomic mass is 10.0. The standard InChI is InChI=1S/C11H9N3O3/c1-14-4-6-2-3-7-8(9(6)12-14)5-17-13-10(7)11(15)16/h2-4H,5H2,1H3,(H,15,16). The van der Waals surface area contributed by atoms with E-state index in [1.165, 1.54) is 0 Å². The van der Waals surface area contributed by atoms with Gasteiger partial charge in [-0.2, -0.15) is 5.10 Å². The molecule has 6 nitrogen and oxygen atoms in total. The molecule has 3 rings (SSSR count). The van der Waals surface area contributed by atoms with Crippen LogP contribution in [0.15, 0.2) is 23.5 Å². The molecule has 1 aliphatic rings. The summed E-state index contributed by atoms with van der Waals surface area (Å²) in [7, 11) is 1.82. The molecule has 0 unspecified atom stereocenters. The Morgan fingerprint density at radius 2 is 2.35 bits per heavy atom. The molecule has 1 aromatic heterocycles. The summed E-state index contributed by atoms with van der Waals surface area (Å²) in [6, 6.07) is 3.58. The third kappa shape index (κ3) is 1.37. The van der Waals surface area contributed by atoms with Crippen LogP contribution >= 0.6 is 0 Å². The van der Waals surface area contributed by atoms with Gasteiger partial charge in [0.25, 0.3) is 0 Å². The molecule has 0 fully saturated rings. The molecule has 0 atom stereocenters. The molecule has 1 aliphatic heterocycles. The fourth-order valence-electron chi connectivity index (χ4n) is 2.00. The average molecular weight is 231 g/mol. The zero-order chi connectivity index (χ0) is 12.0. The fourth-order valence-corrected chi connectivity index (χ4v) is 2.00. The number of aromatic nitrogens is 2. The number of carbonyl (C=O) groups is 1. The number of carboxylic acid groups (broad SMARTS) is 1. The van der Waals surface area contributed by atoms with Crippen molar-refractivity contribution in [3.8, 4) is 0 Å². The summed E-state index contributed by atoms with van der Waals surface area (Å²) < 4.78 is 1.69. The van der Waals surface area contributed by atoms with Crippen molar-refractivity contribution in [2.45, 2.75) is 6.61 Å². The van der Waals surface area contributed by atoms with E-state index in [2.05, 4.69) is 10.3 Å². The molecule has 0 saturated heterocycles. The second kappa shape index (κ2) is 3.31. The summed E-state index contributed by atoms with van der Waals surface area (Å²) in [6.07, 6.45) is 1.88. The summed E-state index contributed by atoms with van der Waals surface area (Å²) in [6.45, 7) is 0.250. The van der Waals surface area contributed by atoms with Crippen LogP contribution in [0, 0.1) is 0 Å². The van der Waals surface area contributed by atoms with E-state index in [1.807, 2.05) is 19.3 Å². The van der Waals surface area contributed by atoms with Crippen molar-refractivity contribution in [1.82, 2.24) is 9.78 Å². The normalized spacial score (nSPS) is 14.1. The first-order valence-corrected chi connectivity index (χ1v) is 5.05. The van der Waals surface area contributed by atoms with E-state index in [9.17, 15) is 4.79 Å². The van der Waals surface area contributed by atoms with Gasteiger partial charge >= 0.3 is 5.97 Å². The van der Waals surface area contributed by atoms with Crippen LogP contribution in [0.3, 0.4) is 0 Å². The van der Waals surface area contributed by atoms with Crippen LogP contribution in [0.2, 0.25) is 0 Å². The predicted octanol–water partition coefficient (Wildman–Crippen LogP) is 0.892. The Labute approximate surface area is 96.1 Å². The minimum absolute atomic E-state index is 0.0706. The Bertz CT molecular complexity index is 657. The molecule has 2 heterocycles. The summed E-state index contributed by atoms with van der Waals surface area (Å²) in [4.78, 5) is 16.0. The topological polar surface area (TPSA) is 76.7 Å². The van der Waals surface area contributed by atoms with Crippen molar-refractivity contribution < 1.29 is 14.7 Å². The van der Waals surface area contributed by atoms with E-state index >= 15 is 0 Å². The van der Waals surface area contributed by atoms with Gasteiger partial charge in [0.15, 0.2) is 5.71 Å². The molecule has 86 valence electrons. The average Bonchev–Trinajstić information content (AvgIpc) is 2.68. The molecule has 0 radical (unpaired) electrons. The quantitative estimate of drug-likeness (QED) is 0.790. The maximum absolute atomic E-state index is 11.0. The fraction of sp³-hybridized carbons (Fsp3) is 0.182. The minimum atomic E-state index is -1.10. The van der Waals surface area contributed by atoms with E-state index in [1.54, 1.807) is 10.7 Å². The number of hydrogen-bond acceptors (Lipinski definition) is 4. The number of aliphatic carboxylic acids is 1. The molecular weight excluding hydrogens is 222 g/mol. The Kier molecular flexibility index (Phi) is 1.91. The van der Waals surface area contributed by atoms with E-state index in [0.717, 1.165) is 16.5 Å². The Balaban J connectivity index is 2.31. The molecule has 0 bridgehead atoms. The van der Waals surface area contributed by atoms with Crippen molar-refractivity contribution in [2.24, 2.45) is 12.2 Å². The van der Waals surface area contributed by atoms with Gasteiger partial charge in [0.1, 0.15) is 6.61 Å². The van der Waals surface area contributed by atoms with E-state index in [4.69, 9.17) is 9.94 Å². The van der Waals surface area contributed by atoms with Crippen LogP contribution in [0.1, 0.15) is 11.1 Å². The maximum atomic E-state index is 11.0. The van der Waals surface area contributed by atoms with Gasteiger partial charge in [-0.3, -0.25) is 4.68 Å². The molecule has 1 N–H and O–H groups in total. The number of carboxylic acids is 1. The number of benzene rings is 1. The highest BCUT2D eigenvalue weighted by Gasteiger charge is 2.24. The first-order valence-electron chi connectivity index (χ1n) is 5.05. The molecule has 6 heteroatoms. The highest BCUT2D eigenvalue weighted by Crippen LogP contribution is 2.25. The van der Waals surface area contributed by atoms with E-state index < -0.39 is 5.97 Å². The van der Waals surface area contributed by atoms with Crippen LogP contribution in [0.4, 0.5) is 0 Å². The number of nitrogens with zero attached hydrogens (tertiary/aromatic N) is 3. The van der Waals surface area contributed by atoms with Crippen LogP contribution in [-0.4, -0.2) is 26.6 Å². The first kappa shape index (κ1) is 9.83. The third-order valence-electron chi connectivity index (χ3n) is 2.72. The highest BCUT2D eigenvalue weighted by atomic mass is 16.6. The SMILES string of the molecule is Cn1cc2ccc3c(c2n1)CON=C3C(=O)O. The zero-order valence-electron chi connectivity index (χ0n) is 9.04. The lowest BCUT2D eigenvalue weighted by Gasteiger charge is -2.13. The number of oxime groups is 1. The molecule has 2 aromatic rings. The predicted molar refractivity (Wildman–Crippen MR) is 59.7 cm³/mol. The van der Waals surface area contributed by atoms with Gasteiger partial charge in [0.2, 0.25) is 0 Å². The number of rotatable bonds is 1. The molecule has 0 spiro atoms. The molecule has 0 saturated carbocycles. The molecule has 1 aromatic carbocycles. The molecule has 17 heavy (non-hydrogen) atoms. The van der Waals surface area contributed by atoms with Crippen molar-refractivity contribution in [3.63, 3.8) is 0 Å². The summed E-state index contributed by atoms with van der Waals surface area (Å²) >= 11 is 0. The highest BCUT2D eigenvalue weighted by molar-refractivity contribution is 6.43. The van der Waals surface area contributed by atoms with Gasteiger partial charge in [-0.25, -0.2) is 4.79 Å². The summed E-state index contributed by atoms with van der Waals surface area (Å²) in [5.74, 6) is -1.10. The number of hydrogen-bond donors (Lipinski definition) is 1.